The van der Waals surface area contributed by atoms with Crippen LogP contribution in [0.3, 0.4) is 0 Å². The van der Waals surface area contributed by atoms with Gasteiger partial charge in [0.05, 0.1) is 12.1 Å². The standard InChI is InChI=1S/C34H38N6O3/c1-34(2,3)24-14-10-22(11-15-24)29(41)20-26-8-7-9-27(35-26)28-21-40(6)33(43)31(37-28)36-25-16-12-23(13-17-25)30-32(42)39(5)19-18-38(30)4/h7-17,21,30H,18-20H2,1-6H3,(H,36,37). The number of nitrogens with zero attached hydrogens (tertiary/aromatic N) is 5. The van der Waals surface area contributed by atoms with Gasteiger partial charge in [-0.2, -0.15) is 0 Å². The van der Waals surface area contributed by atoms with Gasteiger partial charge in [-0.25, -0.2) is 4.98 Å². The number of rotatable bonds is 7. The molecule has 2 aromatic carbocycles. The minimum Gasteiger partial charge on any atom is -0.343 e. The van der Waals surface area contributed by atoms with E-state index >= 15 is 0 Å². The number of likely N-dealkylation sites (N-methyl/N-ethyl adjacent to an activating group) is 2. The van der Waals surface area contributed by atoms with E-state index in [0.717, 1.165) is 12.1 Å². The van der Waals surface area contributed by atoms with Gasteiger partial charge in [-0.3, -0.25) is 24.3 Å². The third-order valence-corrected chi connectivity index (χ3v) is 7.88. The van der Waals surface area contributed by atoms with E-state index in [-0.39, 0.29) is 40.9 Å². The van der Waals surface area contributed by atoms with Crippen molar-refractivity contribution in [3.63, 3.8) is 0 Å². The van der Waals surface area contributed by atoms with Gasteiger partial charge in [0.15, 0.2) is 11.6 Å². The zero-order chi connectivity index (χ0) is 30.9. The van der Waals surface area contributed by atoms with Crippen molar-refractivity contribution in [3.05, 3.63) is 106 Å². The van der Waals surface area contributed by atoms with Crippen molar-refractivity contribution in [3.8, 4) is 11.4 Å². The smallest absolute Gasteiger partial charge is 0.293 e. The number of pyridine rings is 1. The number of ketones is 1. The molecule has 1 unspecified atom stereocenters. The number of aromatic nitrogens is 3. The molecule has 1 amide bonds. The van der Waals surface area contributed by atoms with Crippen molar-refractivity contribution in [2.24, 2.45) is 7.05 Å². The molecule has 0 aliphatic carbocycles. The number of carbonyl (C=O) groups is 2. The molecule has 1 aliphatic heterocycles. The van der Waals surface area contributed by atoms with Crippen molar-refractivity contribution in [2.45, 2.75) is 38.6 Å². The Labute approximate surface area is 252 Å². The molecule has 0 bridgehead atoms. The first kappa shape index (κ1) is 29.8. The number of benzene rings is 2. The van der Waals surface area contributed by atoms with Gasteiger partial charge in [-0.15, -0.1) is 0 Å². The molecular weight excluding hydrogens is 540 g/mol. The Kier molecular flexibility index (Phi) is 8.28. The van der Waals surface area contributed by atoms with Crippen molar-refractivity contribution in [1.29, 1.82) is 0 Å². The summed E-state index contributed by atoms with van der Waals surface area (Å²) >= 11 is 0. The highest BCUT2D eigenvalue weighted by Gasteiger charge is 2.31. The van der Waals surface area contributed by atoms with Gasteiger partial charge in [-0.1, -0.05) is 63.2 Å². The fourth-order valence-electron chi connectivity index (χ4n) is 5.18. The van der Waals surface area contributed by atoms with Crippen LogP contribution in [0.15, 0.2) is 77.7 Å². The zero-order valence-corrected chi connectivity index (χ0v) is 25.6. The topological polar surface area (TPSA) is 100 Å². The summed E-state index contributed by atoms with van der Waals surface area (Å²) in [6.07, 6.45) is 1.79. The monoisotopic (exact) mass is 578 g/mol. The molecule has 1 N–H and O–H groups in total. The Hall–Kier alpha value is -4.63. The van der Waals surface area contributed by atoms with E-state index in [1.54, 1.807) is 18.1 Å². The number of Topliss-reactive ketones (excluding diaryl/α,β-unsaturated/α-hetero) is 1. The van der Waals surface area contributed by atoms with Crippen molar-refractivity contribution in [2.75, 3.05) is 32.5 Å². The minimum absolute atomic E-state index is 0.0150. The Balaban J connectivity index is 1.34. The van der Waals surface area contributed by atoms with Gasteiger partial charge in [-0.05, 0) is 47.9 Å². The van der Waals surface area contributed by atoms with Gasteiger partial charge in [0.1, 0.15) is 11.7 Å². The van der Waals surface area contributed by atoms with E-state index in [4.69, 9.17) is 4.98 Å². The van der Waals surface area contributed by atoms with Gasteiger partial charge in [0.25, 0.3) is 5.56 Å². The summed E-state index contributed by atoms with van der Waals surface area (Å²) in [6, 6.07) is 20.4. The number of anilines is 2. The summed E-state index contributed by atoms with van der Waals surface area (Å²) in [4.78, 5) is 51.8. The first-order valence-corrected chi connectivity index (χ1v) is 14.4. The summed E-state index contributed by atoms with van der Waals surface area (Å²) < 4.78 is 1.46. The van der Waals surface area contributed by atoms with Gasteiger partial charge < -0.3 is 14.8 Å². The second kappa shape index (κ2) is 11.9. The van der Waals surface area contributed by atoms with E-state index in [1.807, 2.05) is 85.7 Å². The van der Waals surface area contributed by atoms with Crippen LogP contribution in [0.1, 0.15) is 54.0 Å². The number of amides is 1. The van der Waals surface area contributed by atoms with Crippen LogP contribution in [0.25, 0.3) is 11.4 Å². The Morgan fingerprint density at radius 1 is 0.884 bits per heavy atom. The molecule has 43 heavy (non-hydrogen) atoms. The maximum absolute atomic E-state index is 13.0. The molecule has 2 aromatic heterocycles. The molecule has 9 heteroatoms. The quantitative estimate of drug-likeness (QED) is 0.316. The zero-order valence-electron chi connectivity index (χ0n) is 25.6. The third-order valence-electron chi connectivity index (χ3n) is 7.88. The summed E-state index contributed by atoms with van der Waals surface area (Å²) in [7, 11) is 5.43. The highest BCUT2D eigenvalue weighted by atomic mass is 16.2. The summed E-state index contributed by atoms with van der Waals surface area (Å²) in [5, 5.41) is 3.13. The van der Waals surface area contributed by atoms with E-state index < -0.39 is 0 Å². The molecule has 0 radical (unpaired) electrons. The lowest BCUT2D eigenvalue weighted by Gasteiger charge is -2.37. The maximum atomic E-state index is 13.0. The van der Waals surface area contributed by atoms with Gasteiger partial charge >= 0.3 is 0 Å². The molecule has 5 rings (SSSR count). The normalized spacial score (nSPS) is 15.9. The first-order valence-electron chi connectivity index (χ1n) is 14.4. The second-order valence-corrected chi connectivity index (χ2v) is 12.2. The fourth-order valence-corrected chi connectivity index (χ4v) is 5.18. The lowest BCUT2D eigenvalue weighted by Crippen LogP contribution is -2.48. The van der Waals surface area contributed by atoms with Crippen LogP contribution in [-0.4, -0.2) is 63.2 Å². The first-order chi connectivity index (χ1) is 20.4. The van der Waals surface area contributed by atoms with Crippen LogP contribution in [0.4, 0.5) is 11.5 Å². The molecule has 3 heterocycles. The van der Waals surface area contributed by atoms with Crippen LogP contribution < -0.4 is 10.9 Å². The van der Waals surface area contributed by atoms with E-state index in [1.165, 1.54) is 10.1 Å². The highest BCUT2D eigenvalue weighted by molar-refractivity contribution is 5.97. The van der Waals surface area contributed by atoms with E-state index in [9.17, 15) is 14.4 Å². The van der Waals surface area contributed by atoms with Gasteiger partial charge in [0, 0.05) is 50.3 Å². The number of aryl methyl sites for hydroxylation is 1. The van der Waals surface area contributed by atoms with Gasteiger partial charge in [0.2, 0.25) is 5.91 Å². The Morgan fingerprint density at radius 2 is 1.58 bits per heavy atom. The average Bonchev–Trinajstić information content (AvgIpc) is 2.98. The molecule has 1 saturated heterocycles. The number of carbonyl (C=O) groups excluding carboxylic acids is 2. The molecule has 9 nitrogen and oxygen atoms in total. The Morgan fingerprint density at radius 3 is 2.26 bits per heavy atom. The lowest BCUT2D eigenvalue weighted by atomic mass is 9.86. The number of hydrogen-bond acceptors (Lipinski definition) is 7. The molecule has 222 valence electrons. The summed E-state index contributed by atoms with van der Waals surface area (Å²) in [6.45, 7) is 7.93. The lowest BCUT2D eigenvalue weighted by molar-refractivity contribution is -0.139. The molecule has 0 spiro atoms. The number of hydrogen-bond donors (Lipinski definition) is 1. The van der Waals surface area contributed by atoms with E-state index in [2.05, 4.69) is 31.1 Å². The number of nitrogens with one attached hydrogen (secondary N) is 1. The van der Waals surface area contributed by atoms with Crippen molar-refractivity contribution < 1.29 is 9.59 Å². The third kappa shape index (κ3) is 6.57. The maximum Gasteiger partial charge on any atom is 0.293 e. The SMILES string of the molecule is CN1CCN(C)C(c2ccc(Nc3nc(-c4cccc(CC(=O)c5ccc(C(C)(C)C)cc5)n4)cn(C)c3=O)cc2)C1=O. The average molecular weight is 579 g/mol. The molecular formula is C34H38N6O3. The predicted molar refractivity (Wildman–Crippen MR) is 169 cm³/mol. The molecule has 4 aromatic rings. The largest absolute Gasteiger partial charge is 0.343 e. The van der Waals surface area contributed by atoms with Crippen LogP contribution in [-0.2, 0) is 23.7 Å². The molecule has 0 saturated carbocycles. The van der Waals surface area contributed by atoms with Crippen LogP contribution in [0.2, 0.25) is 0 Å². The molecule has 1 aliphatic rings. The Bertz CT molecular complexity index is 1700. The minimum atomic E-state index is -0.338. The predicted octanol–water partition coefficient (Wildman–Crippen LogP) is 4.75. The number of piperazine rings is 1. The van der Waals surface area contributed by atoms with Crippen molar-refractivity contribution in [1.82, 2.24) is 24.3 Å². The molecule has 1 atom stereocenters. The fraction of sp³-hybridized carbons (Fsp3) is 0.324. The second-order valence-electron chi connectivity index (χ2n) is 12.2. The highest BCUT2D eigenvalue weighted by Crippen LogP contribution is 2.27. The molecule has 1 fully saturated rings. The van der Waals surface area contributed by atoms with Crippen LogP contribution in [0.5, 0.6) is 0 Å². The summed E-state index contributed by atoms with van der Waals surface area (Å²) in [5.41, 5.74) is 4.79. The van der Waals surface area contributed by atoms with Crippen LogP contribution in [0, 0.1) is 0 Å². The van der Waals surface area contributed by atoms with E-state index in [0.29, 0.717) is 34.9 Å². The van der Waals surface area contributed by atoms with Crippen molar-refractivity contribution >= 4 is 23.2 Å². The van der Waals surface area contributed by atoms with Crippen LogP contribution >= 0.6 is 0 Å². The summed E-state index contributed by atoms with van der Waals surface area (Å²) in [5.74, 6) is 0.199.